The Morgan fingerprint density at radius 1 is 0.778 bits per heavy atom. The highest BCUT2D eigenvalue weighted by Gasteiger charge is 2.26. The minimum absolute atomic E-state index is 0.0595. The molecule has 45 heavy (non-hydrogen) atoms. The summed E-state index contributed by atoms with van der Waals surface area (Å²) in [5.74, 6) is -2.40. The van der Waals surface area contributed by atoms with Crippen molar-refractivity contribution in [2.45, 2.75) is 21.6 Å². The van der Waals surface area contributed by atoms with Gasteiger partial charge in [-0.3, -0.25) is 18.5 Å². The minimum Gasteiger partial charge on any atom is -0.505 e. The van der Waals surface area contributed by atoms with Crippen LogP contribution in [0.5, 0.6) is 5.75 Å². The molecule has 0 unspecified atom stereocenters. The summed E-state index contributed by atoms with van der Waals surface area (Å²) in [7, 11) is -18.8. The number of aromatic hydroxyl groups is 1. The molecule has 0 radical (unpaired) electrons. The summed E-state index contributed by atoms with van der Waals surface area (Å²) < 4.78 is 126. The summed E-state index contributed by atoms with van der Waals surface area (Å²) in [6.45, 7) is 0.242. The highest BCUT2D eigenvalue weighted by molar-refractivity contribution is 7.91. The van der Waals surface area contributed by atoms with Gasteiger partial charge in [0.15, 0.2) is 15.6 Å². The number of rotatable bonds is 10. The Morgan fingerprint density at radius 3 is 2.00 bits per heavy atom. The fourth-order valence-corrected chi connectivity index (χ4v) is 6.85. The van der Waals surface area contributed by atoms with Crippen LogP contribution < -0.4 is 5.32 Å². The summed E-state index contributed by atoms with van der Waals surface area (Å²) in [5, 5.41) is 21.2. The Morgan fingerprint density at radius 2 is 1.40 bits per heavy atom. The number of benzene rings is 4. The van der Waals surface area contributed by atoms with Crippen LogP contribution in [0, 0.1) is 0 Å². The van der Waals surface area contributed by atoms with E-state index in [0.29, 0.717) is 10.8 Å². The van der Waals surface area contributed by atoms with Crippen LogP contribution in [0.25, 0.3) is 21.5 Å². The number of azo groups is 1. The lowest BCUT2D eigenvalue weighted by Crippen LogP contribution is -2.15. The Bertz CT molecular complexity index is 2360. The van der Waals surface area contributed by atoms with Crippen LogP contribution in [-0.2, 0) is 49.5 Å². The number of anilines is 1. The quantitative estimate of drug-likeness (QED) is 0.117. The summed E-state index contributed by atoms with van der Waals surface area (Å²) >= 11 is 0. The first-order valence-electron chi connectivity index (χ1n) is 12.0. The van der Waals surface area contributed by atoms with E-state index in [1.807, 2.05) is 0 Å². The SMILES string of the molecule is CC(=O)Nc1cc(S(=O)(=O)O)cc2cc(S(=O)(=O)O)c(N=Nc3ccc4cc(S(=O)(=O)CCOS(=O)(=O)O)ccc4c3)c(O)c12. The lowest BCUT2D eigenvalue weighted by atomic mass is 10.1. The lowest BCUT2D eigenvalue weighted by Gasteiger charge is -2.14. The molecule has 1 amide bonds. The molecule has 17 nitrogen and oxygen atoms in total. The zero-order valence-electron chi connectivity index (χ0n) is 22.5. The first kappa shape index (κ1) is 33.8. The van der Waals surface area contributed by atoms with Gasteiger partial charge in [-0.1, -0.05) is 12.1 Å². The normalized spacial score (nSPS) is 13.1. The van der Waals surface area contributed by atoms with Crippen LogP contribution in [-0.4, -0.2) is 70.7 Å². The summed E-state index contributed by atoms with van der Waals surface area (Å²) in [5.41, 5.74) is -1.07. The molecule has 0 fully saturated rings. The fraction of sp³-hybridized carbons (Fsp3) is 0.125. The van der Waals surface area contributed by atoms with Crippen molar-refractivity contribution in [3.05, 3.63) is 54.6 Å². The maximum Gasteiger partial charge on any atom is 0.397 e. The largest absolute Gasteiger partial charge is 0.505 e. The average molecular weight is 704 g/mol. The average Bonchev–Trinajstić information content (AvgIpc) is 2.89. The molecule has 0 spiro atoms. The van der Waals surface area contributed by atoms with Crippen molar-refractivity contribution in [1.82, 2.24) is 0 Å². The third kappa shape index (κ3) is 7.96. The number of amides is 1. The van der Waals surface area contributed by atoms with Crippen LogP contribution in [0.15, 0.2) is 79.5 Å². The minimum atomic E-state index is -5.13. The topological polar surface area (TPSA) is 281 Å². The van der Waals surface area contributed by atoms with Gasteiger partial charge in [0.2, 0.25) is 5.91 Å². The van der Waals surface area contributed by atoms with E-state index >= 15 is 0 Å². The molecule has 240 valence electrons. The molecule has 0 atom stereocenters. The van der Waals surface area contributed by atoms with Crippen LogP contribution in [0.2, 0.25) is 0 Å². The van der Waals surface area contributed by atoms with Crippen molar-refractivity contribution in [1.29, 1.82) is 0 Å². The van der Waals surface area contributed by atoms with E-state index in [-0.39, 0.29) is 27.0 Å². The molecule has 0 saturated heterocycles. The van der Waals surface area contributed by atoms with Crippen molar-refractivity contribution in [3.8, 4) is 5.75 Å². The zero-order valence-corrected chi connectivity index (χ0v) is 25.8. The van der Waals surface area contributed by atoms with E-state index in [4.69, 9.17) is 4.55 Å². The van der Waals surface area contributed by atoms with Gasteiger partial charge in [0, 0.05) is 12.3 Å². The van der Waals surface area contributed by atoms with Crippen molar-refractivity contribution in [2.75, 3.05) is 17.7 Å². The fourth-order valence-electron chi connectivity index (χ4n) is 4.13. The number of fused-ring (bicyclic) bond motifs is 2. The van der Waals surface area contributed by atoms with E-state index in [1.54, 1.807) is 0 Å². The summed E-state index contributed by atoms with van der Waals surface area (Å²) in [4.78, 5) is 9.83. The van der Waals surface area contributed by atoms with Gasteiger partial charge >= 0.3 is 10.4 Å². The monoisotopic (exact) mass is 703 g/mol. The van der Waals surface area contributed by atoms with E-state index in [2.05, 4.69) is 19.7 Å². The van der Waals surface area contributed by atoms with Crippen LogP contribution in [0.3, 0.4) is 0 Å². The second kappa shape index (κ2) is 12.0. The maximum atomic E-state index is 12.5. The number of carbonyl (C=O) groups is 1. The Kier molecular flexibility index (Phi) is 9.02. The molecule has 21 heteroatoms. The van der Waals surface area contributed by atoms with Gasteiger partial charge in [-0.05, 0) is 58.6 Å². The standard InChI is InChI=1S/C24H21N3O14S4/c1-13(28)25-20-12-19(43(32,33)34)10-16-11-21(44(35,36)37)23(24(29)22(16)20)27-26-17-4-2-15-9-18(5-3-14(15)8-17)42(30,31)7-6-41-45(38,39)40/h2-5,8-12,29H,6-7H2,1H3,(H,25,28)(H,32,33,34)(H,35,36,37)(H,38,39,40). The highest BCUT2D eigenvalue weighted by atomic mass is 32.3. The smallest absolute Gasteiger partial charge is 0.397 e. The van der Waals surface area contributed by atoms with E-state index in [0.717, 1.165) is 25.1 Å². The number of hydrogen-bond donors (Lipinski definition) is 5. The maximum absolute atomic E-state index is 12.5. The number of hydrogen-bond acceptors (Lipinski definition) is 13. The molecule has 4 rings (SSSR count). The van der Waals surface area contributed by atoms with E-state index in [1.165, 1.54) is 36.4 Å². The van der Waals surface area contributed by atoms with Gasteiger partial charge in [-0.25, -0.2) is 12.6 Å². The first-order valence-corrected chi connectivity index (χ1v) is 17.9. The summed E-state index contributed by atoms with van der Waals surface area (Å²) in [6.07, 6.45) is 0. The first-order chi connectivity index (χ1) is 20.7. The Balaban J connectivity index is 1.79. The highest BCUT2D eigenvalue weighted by Crippen LogP contribution is 2.45. The van der Waals surface area contributed by atoms with Gasteiger partial charge in [-0.2, -0.15) is 30.4 Å². The molecule has 4 aromatic rings. The number of carbonyl (C=O) groups excluding carboxylic acids is 1. The number of nitrogens with zero attached hydrogens (tertiary/aromatic N) is 2. The Labute approximate surface area is 255 Å². The second-order valence-electron chi connectivity index (χ2n) is 9.23. The number of nitrogens with one attached hydrogen (secondary N) is 1. The molecular formula is C24H21N3O14S4. The van der Waals surface area contributed by atoms with Gasteiger partial charge in [0.05, 0.1) is 33.5 Å². The Hall–Kier alpha value is -4.09. The van der Waals surface area contributed by atoms with Gasteiger partial charge in [-0.15, -0.1) is 5.11 Å². The van der Waals surface area contributed by atoms with Gasteiger partial charge < -0.3 is 10.4 Å². The van der Waals surface area contributed by atoms with Crippen molar-refractivity contribution >= 4 is 85.0 Å². The molecule has 5 N–H and O–H groups in total. The van der Waals surface area contributed by atoms with Crippen LogP contribution in [0.1, 0.15) is 6.92 Å². The number of sulfone groups is 1. The predicted molar refractivity (Wildman–Crippen MR) is 157 cm³/mol. The molecule has 0 saturated carbocycles. The predicted octanol–water partition coefficient (Wildman–Crippen LogP) is 3.16. The third-order valence-electron chi connectivity index (χ3n) is 6.01. The van der Waals surface area contributed by atoms with Gasteiger partial charge in [0.25, 0.3) is 20.2 Å². The zero-order chi connectivity index (χ0) is 33.5. The molecule has 0 bridgehead atoms. The third-order valence-corrected chi connectivity index (χ3v) is 9.85. The summed E-state index contributed by atoms with van der Waals surface area (Å²) in [6, 6.07) is 10.4. The van der Waals surface area contributed by atoms with Crippen LogP contribution >= 0.6 is 0 Å². The molecule has 4 aromatic carbocycles. The molecule has 0 aliphatic carbocycles. The molecule has 0 aliphatic rings. The molecular weight excluding hydrogens is 683 g/mol. The molecule has 0 heterocycles. The van der Waals surface area contributed by atoms with Gasteiger partial charge in [0.1, 0.15) is 10.6 Å². The van der Waals surface area contributed by atoms with Crippen LogP contribution in [0.4, 0.5) is 17.1 Å². The van der Waals surface area contributed by atoms with Crippen molar-refractivity contribution in [2.24, 2.45) is 10.2 Å². The number of phenols is 1. The van der Waals surface area contributed by atoms with E-state index in [9.17, 15) is 52.7 Å². The van der Waals surface area contributed by atoms with Crippen molar-refractivity contribution < 1.29 is 61.4 Å². The lowest BCUT2D eigenvalue weighted by molar-refractivity contribution is -0.114. The number of phenolic OH excluding ortho intramolecular Hbond substituents is 1. The second-order valence-corrected chi connectivity index (χ2v) is 15.2. The molecule has 0 aromatic heterocycles. The van der Waals surface area contributed by atoms with E-state index < -0.39 is 80.0 Å². The van der Waals surface area contributed by atoms with Crippen molar-refractivity contribution in [3.63, 3.8) is 0 Å². The molecule has 0 aliphatic heterocycles.